The molecule has 0 unspecified atom stereocenters. The zero-order valence-electron chi connectivity index (χ0n) is 11.6. The van der Waals surface area contributed by atoms with E-state index in [1.54, 1.807) is 6.20 Å². The summed E-state index contributed by atoms with van der Waals surface area (Å²) in [5.41, 5.74) is 2.09. The number of nitrogens with zero attached hydrogens (tertiary/aromatic N) is 1. The van der Waals surface area contributed by atoms with Crippen LogP contribution in [0.15, 0.2) is 41.6 Å². The molecule has 0 fully saturated rings. The summed E-state index contributed by atoms with van der Waals surface area (Å²) in [6.07, 6.45) is 3.96. The summed E-state index contributed by atoms with van der Waals surface area (Å²) < 4.78 is 13.3. The van der Waals surface area contributed by atoms with Gasteiger partial charge in [-0.25, -0.2) is 4.39 Å². The van der Waals surface area contributed by atoms with E-state index in [1.807, 2.05) is 30.8 Å². The van der Waals surface area contributed by atoms with E-state index < -0.39 is 0 Å². The topological polar surface area (TPSA) is 24.9 Å². The van der Waals surface area contributed by atoms with Gasteiger partial charge in [-0.2, -0.15) is 0 Å². The van der Waals surface area contributed by atoms with Crippen molar-refractivity contribution in [2.24, 2.45) is 0 Å². The SMILES string of the molecule is C[C@@H](N[C@H]1CCSc2ccc(Cl)cc21)c1cncc(F)c1. The van der Waals surface area contributed by atoms with Crippen molar-refractivity contribution in [2.75, 3.05) is 5.75 Å². The molecule has 0 saturated heterocycles. The van der Waals surface area contributed by atoms with Crippen LogP contribution in [0.1, 0.15) is 36.6 Å². The predicted molar refractivity (Wildman–Crippen MR) is 85.3 cm³/mol. The van der Waals surface area contributed by atoms with Crippen molar-refractivity contribution in [3.63, 3.8) is 0 Å². The highest BCUT2D eigenvalue weighted by Gasteiger charge is 2.23. The van der Waals surface area contributed by atoms with Gasteiger partial charge in [0.2, 0.25) is 0 Å². The lowest BCUT2D eigenvalue weighted by Crippen LogP contribution is -2.27. The van der Waals surface area contributed by atoms with E-state index in [-0.39, 0.29) is 17.9 Å². The number of aromatic nitrogens is 1. The first-order chi connectivity index (χ1) is 10.1. The summed E-state index contributed by atoms with van der Waals surface area (Å²) >= 11 is 7.98. The second kappa shape index (κ2) is 6.34. The fraction of sp³-hybridized carbons (Fsp3) is 0.312. The van der Waals surface area contributed by atoms with E-state index in [0.717, 1.165) is 22.8 Å². The maximum atomic E-state index is 13.3. The van der Waals surface area contributed by atoms with Gasteiger partial charge < -0.3 is 5.32 Å². The lowest BCUT2D eigenvalue weighted by atomic mass is 10.0. The Labute approximate surface area is 133 Å². The first-order valence-electron chi connectivity index (χ1n) is 6.92. The summed E-state index contributed by atoms with van der Waals surface area (Å²) in [7, 11) is 0. The molecule has 0 bridgehead atoms. The minimum Gasteiger partial charge on any atom is -0.303 e. The molecule has 2 atom stereocenters. The molecule has 2 aromatic rings. The van der Waals surface area contributed by atoms with E-state index in [0.29, 0.717) is 0 Å². The standard InChI is InChI=1S/C16H16ClFN2S/c1-10(11-6-13(18)9-19-8-11)20-15-4-5-21-16-3-2-12(17)7-14(15)16/h2-3,6-10,15,20H,4-5H2,1H3/t10-,15+/m1/s1. The third-order valence-electron chi connectivity index (χ3n) is 3.69. The number of rotatable bonds is 3. The van der Waals surface area contributed by atoms with Crippen LogP contribution in [-0.4, -0.2) is 10.7 Å². The first-order valence-corrected chi connectivity index (χ1v) is 8.28. The van der Waals surface area contributed by atoms with E-state index in [9.17, 15) is 4.39 Å². The summed E-state index contributed by atoms with van der Waals surface area (Å²) in [6.45, 7) is 2.03. The zero-order chi connectivity index (χ0) is 14.8. The molecule has 110 valence electrons. The number of nitrogens with one attached hydrogen (secondary N) is 1. The van der Waals surface area contributed by atoms with Gasteiger partial charge in [-0.15, -0.1) is 11.8 Å². The molecule has 1 aromatic heterocycles. The molecular formula is C16H16ClFN2S. The second-order valence-corrected chi connectivity index (χ2v) is 6.77. The van der Waals surface area contributed by atoms with Crippen molar-refractivity contribution in [3.8, 4) is 0 Å². The molecular weight excluding hydrogens is 307 g/mol. The van der Waals surface area contributed by atoms with Gasteiger partial charge in [0.25, 0.3) is 0 Å². The lowest BCUT2D eigenvalue weighted by Gasteiger charge is -2.29. The van der Waals surface area contributed by atoms with Crippen molar-refractivity contribution >= 4 is 23.4 Å². The van der Waals surface area contributed by atoms with Crippen molar-refractivity contribution in [3.05, 3.63) is 58.6 Å². The Balaban J connectivity index is 1.81. The minimum absolute atomic E-state index is 0.0353. The van der Waals surface area contributed by atoms with Gasteiger partial charge >= 0.3 is 0 Å². The van der Waals surface area contributed by atoms with Gasteiger partial charge in [0.1, 0.15) is 5.82 Å². The highest BCUT2D eigenvalue weighted by molar-refractivity contribution is 7.99. The second-order valence-electron chi connectivity index (χ2n) is 5.20. The number of fused-ring (bicyclic) bond motifs is 1. The molecule has 21 heavy (non-hydrogen) atoms. The predicted octanol–water partition coefficient (Wildman–Crippen LogP) is 4.76. The minimum atomic E-state index is -0.302. The van der Waals surface area contributed by atoms with Gasteiger partial charge in [-0.3, -0.25) is 4.98 Å². The van der Waals surface area contributed by atoms with Crippen LogP contribution in [0.5, 0.6) is 0 Å². The Morgan fingerprint density at radius 1 is 1.38 bits per heavy atom. The summed E-state index contributed by atoms with van der Waals surface area (Å²) in [5.74, 6) is 0.768. The molecule has 0 saturated carbocycles. The van der Waals surface area contributed by atoms with Crippen LogP contribution in [-0.2, 0) is 0 Å². The third kappa shape index (κ3) is 3.39. The monoisotopic (exact) mass is 322 g/mol. The Morgan fingerprint density at radius 2 is 2.24 bits per heavy atom. The Bertz CT molecular complexity index is 650. The van der Waals surface area contributed by atoms with Crippen molar-refractivity contribution in [2.45, 2.75) is 30.3 Å². The third-order valence-corrected chi connectivity index (χ3v) is 5.05. The van der Waals surface area contributed by atoms with Gasteiger partial charge in [0, 0.05) is 28.2 Å². The summed E-state index contributed by atoms with van der Waals surface area (Å²) in [4.78, 5) is 5.19. The summed E-state index contributed by atoms with van der Waals surface area (Å²) in [6, 6.07) is 7.82. The van der Waals surface area contributed by atoms with E-state index >= 15 is 0 Å². The van der Waals surface area contributed by atoms with E-state index in [2.05, 4.69) is 16.4 Å². The number of halogens is 2. The average molecular weight is 323 g/mol. The molecule has 1 aromatic carbocycles. The van der Waals surface area contributed by atoms with Crippen molar-refractivity contribution < 1.29 is 4.39 Å². The molecule has 3 rings (SSSR count). The molecule has 1 aliphatic heterocycles. The molecule has 0 amide bonds. The lowest BCUT2D eigenvalue weighted by molar-refractivity contribution is 0.447. The first kappa shape index (κ1) is 14.8. The van der Waals surface area contributed by atoms with E-state index in [1.165, 1.54) is 22.7 Å². The maximum absolute atomic E-state index is 13.3. The quantitative estimate of drug-likeness (QED) is 0.881. The van der Waals surface area contributed by atoms with Crippen LogP contribution in [0, 0.1) is 5.82 Å². The normalized spacial score (nSPS) is 19.1. The molecule has 2 nitrogen and oxygen atoms in total. The molecule has 0 radical (unpaired) electrons. The van der Waals surface area contributed by atoms with Crippen molar-refractivity contribution in [1.29, 1.82) is 0 Å². The van der Waals surface area contributed by atoms with Crippen LogP contribution >= 0.6 is 23.4 Å². The van der Waals surface area contributed by atoms with Gasteiger partial charge in [-0.1, -0.05) is 11.6 Å². The Hall–Kier alpha value is -1.10. The molecule has 1 aliphatic rings. The van der Waals surface area contributed by atoms with Crippen LogP contribution in [0.2, 0.25) is 5.02 Å². The number of hydrogen-bond acceptors (Lipinski definition) is 3. The largest absolute Gasteiger partial charge is 0.303 e. The fourth-order valence-electron chi connectivity index (χ4n) is 2.60. The molecule has 2 heterocycles. The average Bonchev–Trinajstić information content (AvgIpc) is 2.48. The molecule has 1 N–H and O–H groups in total. The van der Waals surface area contributed by atoms with Crippen LogP contribution in [0.4, 0.5) is 4.39 Å². The van der Waals surface area contributed by atoms with E-state index in [4.69, 9.17) is 11.6 Å². The molecule has 5 heteroatoms. The Kier molecular flexibility index (Phi) is 4.48. The van der Waals surface area contributed by atoms with Gasteiger partial charge in [0.05, 0.1) is 6.20 Å². The maximum Gasteiger partial charge on any atom is 0.141 e. The zero-order valence-corrected chi connectivity index (χ0v) is 13.2. The summed E-state index contributed by atoms with van der Waals surface area (Å²) in [5, 5.41) is 4.32. The smallest absolute Gasteiger partial charge is 0.141 e. The highest BCUT2D eigenvalue weighted by atomic mass is 35.5. The number of thioether (sulfide) groups is 1. The molecule has 0 aliphatic carbocycles. The van der Waals surface area contributed by atoms with Crippen LogP contribution in [0.25, 0.3) is 0 Å². The number of benzene rings is 1. The molecule has 0 spiro atoms. The van der Waals surface area contributed by atoms with Gasteiger partial charge in [0.15, 0.2) is 0 Å². The van der Waals surface area contributed by atoms with Crippen molar-refractivity contribution in [1.82, 2.24) is 10.3 Å². The van der Waals surface area contributed by atoms with Crippen LogP contribution < -0.4 is 5.32 Å². The fourth-order valence-corrected chi connectivity index (χ4v) is 3.89. The number of pyridine rings is 1. The van der Waals surface area contributed by atoms with Crippen LogP contribution in [0.3, 0.4) is 0 Å². The highest BCUT2D eigenvalue weighted by Crippen LogP contribution is 2.38. The van der Waals surface area contributed by atoms with Gasteiger partial charge in [-0.05, 0) is 54.5 Å². The number of hydrogen-bond donors (Lipinski definition) is 1. The Morgan fingerprint density at radius 3 is 3.05 bits per heavy atom.